The first-order valence-electron chi connectivity index (χ1n) is 6.23. The average molecular weight is 347 g/mol. The van der Waals surface area contributed by atoms with Crippen LogP contribution in [0, 0.1) is 5.92 Å². The molecule has 0 amide bonds. The van der Waals surface area contributed by atoms with E-state index in [1.165, 1.54) is 12.1 Å². The molecule has 21 heavy (non-hydrogen) atoms. The summed E-state index contributed by atoms with van der Waals surface area (Å²) in [6.45, 7) is 3.37. The molecule has 0 saturated carbocycles. The Morgan fingerprint density at radius 3 is 2.29 bits per heavy atom. The van der Waals surface area contributed by atoms with Gasteiger partial charge in [0, 0.05) is 13.1 Å². The standard InChI is InChI=1S/C13H17F3N2O.2ClH/c14-13(15,16)19-12-3-1-10(2-4-12)8-18-6-5-11(7-17)9-18;;/h1-4,11H,5-9,17H2;2*1H. The second kappa shape index (κ2) is 8.68. The number of hydrogen-bond acceptors (Lipinski definition) is 3. The first-order chi connectivity index (χ1) is 8.96. The molecular formula is C13H19Cl2F3N2O. The van der Waals surface area contributed by atoms with Gasteiger partial charge in [-0.15, -0.1) is 38.0 Å². The van der Waals surface area contributed by atoms with Crippen molar-refractivity contribution >= 4 is 24.8 Å². The zero-order valence-electron chi connectivity index (χ0n) is 11.3. The third kappa shape index (κ3) is 6.74. The van der Waals surface area contributed by atoms with Crippen molar-refractivity contribution in [3.63, 3.8) is 0 Å². The molecule has 0 aromatic heterocycles. The summed E-state index contributed by atoms with van der Waals surface area (Å²) in [5.74, 6) is 0.352. The van der Waals surface area contributed by atoms with E-state index >= 15 is 0 Å². The number of rotatable bonds is 4. The van der Waals surface area contributed by atoms with E-state index in [1.807, 2.05) is 0 Å². The number of ether oxygens (including phenoxy) is 1. The zero-order valence-corrected chi connectivity index (χ0v) is 12.9. The van der Waals surface area contributed by atoms with Gasteiger partial charge in [-0.1, -0.05) is 12.1 Å². The van der Waals surface area contributed by atoms with Crippen LogP contribution in [0.5, 0.6) is 5.75 Å². The van der Waals surface area contributed by atoms with Crippen molar-refractivity contribution in [2.75, 3.05) is 19.6 Å². The van der Waals surface area contributed by atoms with Crippen molar-refractivity contribution < 1.29 is 17.9 Å². The maximum Gasteiger partial charge on any atom is 0.573 e. The average Bonchev–Trinajstić information content (AvgIpc) is 2.77. The third-order valence-corrected chi connectivity index (χ3v) is 3.27. The topological polar surface area (TPSA) is 38.5 Å². The Kier molecular flexibility index (Phi) is 8.39. The molecule has 1 atom stereocenters. The fraction of sp³-hybridized carbons (Fsp3) is 0.538. The summed E-state index contributed by atoms with van der Waals surface area (Å²) in [7, 11) is 0. The fourth-order valence-corrected chi connectivity index (χ4v) is 2.30. The molecule has 1 aromatic carbocycles. The summed E-state index contributed by atoms with van der Waals surface area (Å²) in [5.41, 5.74) is 6.60. The van der Waals surface area contributed by atoms with Gasteiger partial charge in [0.15, 0.2) is 0 Å². The van der Waals surface area contributed by atoms with Gasteiger partial charge in [0.05, 0.1) is 0 Å². The molecule has 1 fully saturated rings. The van der Waals surface area contributed by atoms with E-state index in [1.54, 1.807) is 12.1 Å². The molecule has 1 saturated heterocycles. The Balaban J connectivity index is 0.00000200. The molecule has 0 bridgehead atoms. The summed E-state index contributed by atoms with van der Waals surface area (Å²) < 4.78 is 39.9. The van der Waals surface area contributed by atoms with Crippen molar-refractivity contribution in [1.29, 1.82) is 0 Å². The molecule has 0 spiro atoms. The van der Waals surface area contributed by atoms with Crippen LogP contribution >= 0.6 is 24.8 Å². The van der Waals surface area contributed by atoms with Crippen LogP contribution in [-0.2, 0) is 6.54 Å². The molecular weight excluding hydrogens is 328 g/mol. The highest BCUT2D eigenvalue weighted by molar-refractivity contribution is 5.85. The van der Waals surface area contributed by atoms with E-state index in [4.69, 9.17) is 5.73 Å². The summed E-state index contributed by atoms with van der Waals surface area (Å²) >= 11 is 0. The van der Waals surface area contributed by atoms with Gasteiger partial charge in [-0.3, -0.25) is 4.90 Å². The Morgan fingerprint density at radius 2 is 1.81 bits per heavy atom. The van der Waals surface area contributed by atoms with Crippen LogP contribution in [0.25, 0.3) is 0 Å². The second-order valence-electron chi connectivity index (χ2n) is 4.82. The minimum atomic E-state index is -4.63. The van der Waals surface area contributed by atoms with Crippen LogP contribution in [0.15, 0.2) is 24.3 Å². The van der Waals surface area contributed by atoms with Gasteiger partial charge in [-0.25, -0.2) is 0 Å². The number of nitrogens with two attached hydrogens (primary N) is 1. The number of halogens is 5. The minimum absolute atomic E-state index is 0. The maximum atomic E-state index is 12.0. The summed E-state index contributed by atoms with van der Waals surface area (Å²) in [5, 5.41) is 0. The van der Waals surface area contributed by atoms with E-state index in [-0.39, 0.29) is 30.6 Å². The van der Waals surface area contributed by atoms with Crippen molar-refractivity contribution in [3.05, 3.63) is 29.8 Å². The quantitative estimate of drug-likeness (QED) is 0.909. The molecule has 3 nitrogen and oxygen atoms in total. The SMILES string of the molecule is Cl.Cl.NCC1CCN(Cc2ccc(OC(F)(F)F)cc2)C1. The van der Waals surface area contributed by atoms with Gasteiger partial charge in [-0.05, 0) is 43.1 Å². The van der Waals surface area contributed by atoms with E-state index in [0.717, 1.165) is 31.6 Å². The monoisotopic (exact) mass is 346 g/mol. The van der Waals surface area contributed by atoms with Gasteiger partial charge < -0.3 is 10.5 Å². The molecule has 8 heteroatoms. The van der Waals surface area contributed by atoms with Crippen LogP contribution in [0.4, 0.5) is 13.2 Å². The summed E-state index contributed by atoms with van der Waals surface area (Å²) in [6.07, 6.45) is -3.55. The molecule has 0 aliphatic carbocycles. The highest BCUT2D eigenvalue weighted by Gasteiger charge is 2.31. The molecule has 2 N–H and O–H groups in total. The van der Waals surface area contributed by atoms with E-state index < -0.39 is 6.36 Å². The summed E-state index contributed by atoms with van der Waals surface area (Å²) in [4.78, 5) is 2.26. The Bertz CT molecular complexity index is 415. The molecule has 1 aliphatic heterocycles. The molecule has 122 valence electrons. The lowest BCUT2D eigenvalue weighted by atomic mass is 10.1. The van der Waals surface area contributed by atoms with Crippen LogP contribution < -0.4 is 10.5 Å². The van der Waals surface area contributed by atoms with E-state index in [2.05, 4.69) is 9.64 Å². The lowest BCUT2D eigenvalue weighted by molar-refractivity contribution is -0.274. The number of likely N-dealkylation sites (tertiary alicyclic amines) is 1. The molecule has 1 unspecified atom stereocenters. The van der Waals surface area contributed by atoms with Gasteiger partial charge in [0.2, 0.25) is 0 Å². The predicted molar refractivity (Wildman–Crippen MR) is 80.1 cm³/mol. The Labute approximate surface area is 134 Å². The van der Waals surface area contributed by atoms with Crippen LogP contribution in [0.1, 0.15) is 12.0 Å². The second-order valence-corrected chi connectivity index (χ2v) is 4.82. The van der Waals surface area contributed by atoms with Crippen molar-refractivity contribution in [2.45, 2.75) is 19.3 Å². The fourth-order valence-electron chi connectivity index (χ4n) is 2.30. The van der Waals surface area contributed by atoms with Crippen LogP contribution in [-0.4, -0.2) is 30.9 Å². The lowest BCUT2D eigenvalue weighted by Crippen LogP contribution is -2.22. The maximum absolute atomic E-state index is 12.0. The first-order valence-corrected chi connectivity index (χ1v) is 6.23. The molecule has 1 aromatic rings. The molecule has 2 rings (SSSR count). The number of benzene rings is 1. The summed E-state index contributed by atoms with van der Waals surface area (Å²) in [6, 6.07) is 6.02. The van der Waals surface area contributed by atoms with Crippen molar-refractivity contribution in [1.82, 2.24) is 4.90 Å². The van der Waals surface area contributed by atoms with E-state index in [9.17, 15) is 13.2 Å². The van der Waals surface area contributed by atoms with Gasteiger partial charge in [0.25, 0.3) is 0 Å². The van der Waals surface area contributed by atoms with Gasteiger partial charge in [-0.2, -0.15) is 0 Å². The minimum Gasteiger partial charge on any atom is -0.406 e. The first kappa shape index (κ1) is 20.3. The Morgan fingerprint density at radius 1 is 1.19 bits per heavy atom. The molecule has 0 radical (unpaired) electrons. The van der Waals surface area contributed by atoms with Crippen molar-refractivity contribution in [3.8, 4) is 5.75 Å². The van der Waals surface area contributed by atoms with Crippen LogP contribution in [0.2, 0.25) is 0 Å². The molecule has 1 heterocycles. The Hall–Kier alpha value is -0.690. The normalized spacial score (nSPS) is 18.8. The zero-order chi connectivity index (χ0) is 13.9. The highest BCUT2D eigenvalue weighted by Crippen LogP contribution is 2.24. The number of nitrogens with zero attached hydrogens (tertiary/aromatic N) is 1. The number of alkyl halides is 3. The van der Waals surface area contributed by atoms with Crippen molar-refractivity contribution in [2.24, 2.45) is 11.7 Å². The molecule has 1 aliphatic rings. The number of hydrogen-bond donors (Lipinski definition) is 1. The van der Waals surface area contributed by atoms with Gasteiger partial charge in [0.1, 0.15) is 5.75 Å². The largest absolute Gasteiger partial charge is 0.573 e. The predicted octanol–water partition coefficient (Wildman–Crippen LogP) is 3.21. The van der Waals surface area contributed by atoms with E-state index in [0.29, 0.717) is 12.5 Å². The lowest BCUT2D eigenvalue weighted by Gasteiger charge is -2.16. The smallest absolute Gasteiger partial charge is 0.406 e. The third-order valence-electron chi connectivity index (χ3n) is 3.27. The van der Waals surface area contributed by atoms with Gasteiger partial charge >= 0.3 is 6.36 Å². The van der Waals surface area contributed by atoms with Crippen LogP contribution in [0.3, 0.4) is 0 Å². The highest BCUT2D eigenvalue weighted by atomic mass is 35.5.